The SMILES string of the molecule is CCOC1CCCN(CCC(N)C#N)C1. The molecule has 0 radical (unpaired) electrons. The number of hydrogen-bond donors (Lipinski definition) is 1. The molecule has 1 aliphatic rings. The van der Waals surface area contributed by atoms with Crippen LogP contribution in [0.1, 0.15) is 26.2 Å². The molecule has 0 saturated carbocycles. The van der Waals surface area contributed by atoms with E-state index in [2.05, 4.69) is 11.0 Å². The van der Waals surface area contributed by atoms with Gasteiger partial charge in [-0.25, -0.2) is 0 Å². The van der Waals surface area contributed by atoms with Crippen LogP contribution >= 0.6 is 0 Å². The normalized spacial score (nSPS) is 24.7. The maximum absolute atomic E-state index is 8.58. The molecule has 0 spiro atoms. The highest BCUT2D eigenvalue weighted by Gasteiger charge is 2.19. The van der Waals surface area contributed by atoms with Gasteiger partial charge in [-0.05, 0) is 32.7 Å². The van der Waals surface area contributed by atoms with Crippen LogP contribution in [0.4, 0.5) is 0 Å². The largest absolute Gasteiger partial charge is 0.377 e. The van der Waals surface area contributed by atoms with Crippen molar-refractivity contribution in [1.82, 2.24) is 4.90 Å². The molecule has 0 amide bonds. The van der Waals surface area contributed by atoms with Gasteiger partial charge in [0.15, 0.2) is 0 Å². The fraction of sp³-hybridized carbons (Fsp3) is 0.909. The highest BCUT2D eigenvalue weighted by molar-refractivity contribution is 4.87. The Kier molecular flexibility index (Phi) is 5.62. The van der Waals surface area contributed by atoms with Crippen molar-refractivity contribution in [3.8, 4) is 6.07 Å². The van der Waals surface area contributed by atoms with Crippen LogP contribution in [0.25, 0.3) is 0 Å². The van der Waals surface area contributed by atoms with Gasteiger partial charge in [-0.1, -0.05) is 0 Å². The van der Waals surface area contributed by atoms with Gasteiger partial charge >= 0.3 is 0 Å². The molecule has 0 bridgehead atoms. The van der Waals surface area contributed by atoms with E-state index in [0.29, 0.717) is 6.10 Å². The van der Waals surface area contributed by atoms with Gasteiger partial charge in [0.05, 0.1) is 18.2 Å². The average molecular weight is 211 g/mol. The van der Waals surface area contributed by atoms with Gasteiger partial charge < -0.3 is 15.4 Å². The first kappa shape index (κ1) is 12.4. The van der Waals surface area contributed by atoms with Crippen LogP contribution in [0.2, 0.25) is 0 Å². The molecular formula is C11H21N3O. The molecule has 0 aliphatic carbocycles. The van der Waals surface area contributed by atoms with Crippen molar-refractivity contribution in [3.05, 3.63) is 0 Å². The maximum Gasteiger partial charge on any atom is 0.0940 e. The van der Waals surface area contributed by atoms with Crippen molar-refractivity contribution < 1.29 is 4.74 Å². The van der Waals surface area contributed by atoms with Gasteiger partial charge in [0.25, 0.3) is 0 Å². The summed E-state index contributed by atoms with van der Waals surface area (Å²) in [7, 11) is 0. The molecule has 1 heterocycles. The smallest absolute Gasteiger partial charge is 0.0940 e. The summed E-state index contributed by atoms with van der Waals surface area (Å²) >= 11 is 0. The molecule has 1 aliphatic heterocycles. The Morgan fingerprint density at radius 2 is 2.47 bits per heavy atom. The van der Waals surface area contributed by atoms with Gasteiger partial charge in [-0.3, -0.25) is 0 Å². The third-order valence-electron chi connectivity index (χ3n) is 2.79. The van der Waals surface area contributed by atoms with Crippen molar-refractivity contribution in [2.75, 3.05) is 26.2 Å². The molecule has 1 rings (SSSR count). The first-order chi connectivity index (χ1) is 7.26. The zero-order chi connectivity index (χ0) is 11.1. The van der Waals surface area contributed by atoms with Crippen LogP contribution in [0, 0.1) is 11.3 Å². The maximum atomic E-state index is 8.58. The standard InChI is InChI=1S/C11H21N3O/c1-2-15-11-4-3-6-14(9-11)7-5-10(13)8-12/h10-11H,2-7,9,13H2,1H3. The first-order valence-electron chi connectivity index (χ1n) is 5.75. The highest BCUT2D eigenvalue weighted by Crippen LogP contribution is 2.13. The van der Waals surface area contributed by atoms with Crippen molar-refractivity contribution in [3.63, 3.8) is 0 Å². The second-order valence-corrected chi connectivity index (χ2v) is 4.04. The summed E-state index contributed by atoms with van der Waals surface area (Å²) < 4.78 is 5.61. The number of nitriles is 1. The van der Waals surface area contributed by atoms with Crippen LogP contribution < -0.4 is 5.73 Å². The summed E-state index contributed by atoms with van der Waals surface area (Å²) in [6.07, 6.45) is 3.48. The fourth-order valence-corrected chi connectivity index (χ4v) is 1.97. The molecule has 4 nitrogen and oxygen atoms in total. The van der Waals surface area contributed by atoms with Crippen LogP contribution in [-0.2, 0) is 4.74 Å². The summed E-state index contributed by atoms with van der Waals surface area (Å²) in [4.78, 5) is 2.35. The van der Waals surface area contributed by atoms with Gasteiger partial charge in [-0.2, -0.15) is 5.26 Å². The minimum absolute atomic E-state index is 0.322. The van der Waals surface area contributed by atoms with E-state index >= 15 is 0 Å². The lowest BCUT2D eigenvalue weighted by atomic mass is 10.1. The highest BCUT2D eigenvalue weighted by atomic mass is 16.5. The lowest BCUT2D eigenvalue weighted by molar-refractivity contribution is 0.00559. The minimum Gasteiger partial charge on any atom is -0.377 e. The molecule has 0 aromatic heterocycles. The third kappa shape index (κ3) is 4.61. The molecule has 0 aromatic carbocycles. The van der Waals surface area contributed by atoms with E-state index in [9.17, 15) is 0 Å². The Labute approximate surface area is 92.0 Å². The summed E-state index contributed by atoms with van der Waals surface area (Å²) in [5.74, 6) is 0. The lowest BCUT2D eigenvalue weighted by Crippen LogP contribution is -2.41. The number of piperidine rings is 1. The number of ether oxygens (including phenoxy) is 1. The molecule has 2 N–H and O–H groups in total. The first-order valence-corrected chi connectivity index (χ1v) is 5.75. The number of nitrogens with zero attached hydrogens (tertiary/aromatic N) is 2. The molecule has 2 atom stereocenters. The molecule has 0 aromatic rings. The topological polar surface area (TPSA) is 62.3 Å². The van der Waals surface area contributed by atoms with Crippen LogP contribution in [0.5, 0.6) is 0 Å². The van der Waals surface area contributed by atoms with Crippen molar-refractivity contribution >= 4 is 0 Å². The number of nitrogens with two attached hydrogens (primary N) is 1. The van der Waals surface area contributed by atoms with E-state index in [-0.39, 0.29) is 6.04 Å². The van der Waals surface area contributed by atoms with Crippen molar-refractivity contribution in [2.45, 2.75) is 38.3 Å². The second-order valence-electron chi connectivity index (χ2n) is 4.04. The second kappa shape index (κ2) is 6.78. The van der Waals surface area contributed by atoms with Gasteiger partial charge in [-0.15, -0.1) is 0 Å². The molecule has 15 heavy (non-hydrogen) atoms. The molecular weight excluding hydrogens is 190 g/mol. The number of likely N-dealkylation sites (tertiary alicyclic amines) is 1. The van der Waals surface area contributed by atoms with E-state index in [1.807, 2.05) is 6.92 Å². The predicted octanol–water partition coefficient (Wildman–Crippen LogP) is 0.728. The van der Waals surface area contributed by atoms with Gasteiger partial charge in [0.1, 0.15) is 0 Å². The van der Waals surface area contributed by atoms with E-state index < -0.39 is 0 Å². The van der Waals surface area contributed by atoms with Gasteiger partial charge in [0, 0.05) is 19.7 Å². The lowest BCUT2D eigenvalue weighted by Gasteiger charge is -2.32. The molecule has 4 heteroatoms. The summed E-state index contributed by atoms with van der Waals surface area (Å²) in [6, 6.07) is 1.74. The van der Waals surface area contributed by atoms with E-state index in [1.165, 1.54) is 6.42 Å². The van der Waals surface area contributed by atoms with Crippen LogP contribution in [0.3, 0.4) is 0 Å². The minimum atomic E-state index is -0.322. The Balaban J connectivity index is 2.21. The van der Waals surface area contributed by atoms with Crippen molar-refractivity contribution in [1.29, 1.82) is 5.26 Å². The Morgan fingerprint density at radius 3 is 3.13 bits per heavy atom. The Hall–Kier alpha value is -0.630. The van der Waals surface area contributed by atoms with Crippen LogP contribution in [-0.4, -0.2) is 43.3 Å². The third-order valence-corrected chi connectivity index (χ3v) is 2.79. The summed E-state index contributed by atoms with van der Waals surface area (Å²) in [6.45, 7) is 5.84. The average Bonchev–Trinajstić information content (AvgIpc) is 2.27. The number of rotatable bonds is 5. The molecule has 2 unspecified atom stereocenters. The molecule has 1 saturated heterocycles. The Bertz CT molecular complexity index is 212. The van der Waals surface area contributed by atoms with Crippen LogP contribution in [0.15, 0.2) is 0 Å². The zero-order valence-corrected chi connectivity index (χ0v) is 9.48. The summed E-state index contributed by atoms with van der Waals surface area (Å²) in [5, 5.41) is 8.58. The monoisotopic (exact) mass is 211 g/mol. The molecule has 1 fully saturated rings. The van der Waals surface area contributed by atoms with E-state index in [4.69, 9.17) is 15.7 Å². The predicted molar refractivity (Wildman–Crippen MR) is 59.3 cm³/mol. The summed E-state index contributed by atoms with van der Waals surface area (Å²) in [5.41, 5.74) is 5.56. The van der Waals surface area contributed by atoms with Gasteiger partial charge in [0.2, 0.25) is 0 Å². The zero-order valence-electron chi connectivity index (χ0n) is 9.48. The number of hydrogen-bond acceptors (Lipinski definition) is 4. The Morgan fingerprint density at radius 1 is 1.67 bits per heavy atom. The van der Waals surface area contributed by atoms with E-state index in [0.717, 1.165) is 39.1 Å². The van der Waals surface area contributed by atoms with Crippen molar-refractivity contribution in [2.24, 2.45) is 5.73 Å². The van der Waals surface area contributed by atoms with E-state index in [1.54, 1.807) is 0 Å². The molecule has 86 valence electrons. The fourth-order valence-electron chi connectivity index (χ4n) is 1.97. The quantitative estimate of drug-likeness (QED) is 0.728.